The third-order valence-electron chi connectivity index (χ3n) is 1.26. The SMILES string of the molecule is CCOP(OCC)P(=S)(OCC)OCC. The molecule has 0 amide bonds. The zero-order valence-corrected chi connectivity index (χ0v) is 12.4. The molecule has 7 heteroatoms. The van der Waals surface area contributed by atoms with Crippen LogP contribution in [0.25, 0.3) is 0 Å². The van der Waals surface area contributed by atoms with Gasteiger partial charge in [-0.15, -0.1) is 0 Å². The lowest BCUT2D eigenvalue weighted by atomic mass is 10.9. The molecule has 0 aromatic carbocycles. The smallest absolute Gasteiger partial charge is 0.266 e. The Morgan fingerprint density at radius 1 is 0.867 bits per heavy atom. The fraction of sp³-hybridized carbons (Fsp3) is 1.00. The average molecular weight is 274 g/mol. The molecule has 0 radical (unpaired) electrons. The van der Waals surface area contributed by atoms with Gasteiger partial charge in [-0.25, -0.2) is 0 Å². The third-order valence-corrected chi connectivity index (χ3v) is 8.21. The summed E-state index contributed by atoms with van der Waals surface area (Å²) in [5.74, 6) is 0. The summed E-state index contributed by atoms with van der Waals surface area (Å²) < 4.78 is 22.0. The summed E-state index contributed by atoms with van der Waals surface area (Å²) in [6.45, 7) is 9.77. The van der Waals surface area contributed by atoms with Crippen molar-refractivity contribution in [1.29, 1.82) is 0 Å². The molecule has 0 aromatic rings. The summed E-state index contributed by atoms with van der Waals surface area (Å²) in [5, 5.41) is 0. The Bertz CT molecular complexity index is 187. The first-order valence-electron chi connectivity index (χ1n) is 5.10. The molecule has 0 atom stereocenters. The molecule has 0 N–H and O–H groups in total. The zero-order chi connectivity index (χ0) is 11.7. The second-order valence-electron chi connectivity index (χ2n) is 2.38. The summed E-state index contributed by atoms with van der Waals surface area (Å²) in [6, 6.07) is 0. The van der Waals surface area contributed by atoms with Crippen LogP contribution in [0.5, 0.6) is 0 Å². The first-order valence-corrected chi connectivity index (χ1v) is 9.62. The summed E-state index contributed by atoms with van der Waals surface area (Å²) in [5.41, 5.74) is 0. The van der Waals surface area contributed by atoms with Crippen LogP contribution in [0.3, 0.4) is 0 Å². The van der Waals surface area contributed by atoms with E-state index in [1.54, 1.807) is 0 Å². The Hall–Kier alpha value is 0.920. The van der Waals surface area contributed by atoms with E-state index >= 15 is 0 Å². The normalized spacial score (nSPS) is 12.3. The molecule has 0 aromatic heterocycles. The van der Waals surface area contributed by atoms with Gasteiger partial charge in [-0.05, 0) is 39.5 Å². The Morgan fingerprint density at radius 3 is 1.53 bits per heavy atom. The quantitative estimate of drug-likeness (QED) is 0.600. The van der Waals surface area contributed by atoms with Gasteiger partial charge < -0.3 is 18.1 Å². The van der Waals surface area contributed by atoms with Crippen molar-refractivity contribution in [2.75, 3.05) is 26.4 Å². The molecule has 0 saturated carbocycles. The van der Waals surface area contributed by atoms with E-state index in [4.69, 9.17) is 29.9 Å². The van der Waals surface area contributed by atoms with E-state index in [2.05, 4.69) is 0 Å². The molecule has 0 heterocycles. The van der Waals surface area contributed by atoms with E-state index in [1.807, 2.05) is 27.7 Å². The van der Waals surface area contributed by atoms with Crippen molar-refractivity contribution >= 4 is 26.1 Å². The van der Waals surface area contributed by atoms with Gasteiger partial charge in [0.25, 0.3) is 14.2 Å². The van der Waals surface area contributed by atoms with Crippen LogP contribution in [0.2, 0.25) is 0 Å². The summed E-state index contributed by atoms with van der Waals surface area (Å²) in [6.07, 6.45) is -2.41. The number of rotatable bonds is 9. The lowest BCUT2D eigenvalue weighted by Crippen LogP contribution is -1.99. The molecule has 4 nitrogen and oxygen atoms in total. The summed E-state index contributed by atoms with van der Waals surface area (Å²) in [4.78, 5) is 0. The monoisotopic (exact) mass is 274 g/mol. The van der Waals surface area contributed by atoms with Crippen molar-refractivity contribution in [3.63, 3.8) is 0 Å². The maximum Gasteiger partial charge on any atom is 0.266 e. The van der Waals surface area contributed by atoms with E-state index in [0.29, 0.717) is 26.4 Å². The molecule has 0 spiro atoms. The minimum absolute atomic E-state index is 0.524. The van der Waals surface area contributed by atoms with Gasteiger partial charge in [0.05, 0.1) is 26.4 Å². The molecule has 0 aliphatic carbocycles. The molecule has 0 bridgehead atoms. The van der Waals surface area contributed by atoms with E-state index in [0.717, 1.165) is 0 Å². The van der Waals surface area contributed by atoms with E-state index in [-0.39, 0.29) is 0 Å². The van der Waals surface area contributed by atoms with E-state index < -0.39 is 14.2 Å². The van der Waals surface area contributed by atoms with Crippen LogP contribution in [-0.2, 0) is 29.9 Å². The van der Waals surface area contributed by atoms with Crippen LogP contribution in [0.15, 0.2) is 0 Å². The van der Waals surface area contributed by atoms with Crippen molar-refractivity contribution in [1.82, 2.24) is 0 Å². The maximum atomic E-state index is 5.52. The van der Waals surface area contributed by atoms with Crippen LogP contribution in [0.1, 0.15) is 27.7 Å². The molecule has 92 valence electrons. The van der Waals surface area contributed by atoms with E-state index in [1.165, 1.54) is 0 Å². The number of hydrogen-bond acceptors (Lipinski definition) is 5. The highest BCUT2D eigenvalue weighted by Gasteiger charge is 2.33. The highest BCUT2D eigenvalue weighted by atomic mass is 32.6. The Kier molecular flexibility index (Phi) is 9.55. The van der Waals surface area contributed by atoms with Gasteiger partial charge in [0.2, 0.25) is 0 Å². The predicted octanol–water partition coefficient (Wildman–Crippen LogP) is 3.67. The molecular weight excluding hydrogens is 254 g/mol. The van der Waals surface area contributed by atoms with Gasteiger partial charge >= 0.3 is 0 Å². The first-order chi connectivity index (χ1) is 7.14. The van der Waals surface area contributed by atoms with Gasteiger partial charge in [0.15, 0.2) is 0 Å². The van der Waals surface area contributed by atoms with Gasteiger partial charge in [0, 0.05) is 0 Å². The third kappa shape index (κ3) is 5.69. The predicted molar refractivity (Wildman–Crippen MR) is 67.7 cm³/mol. The van der Waals surface area contributed by atoms with Gasteiger partial charge in [-0.3, -0.25) is 0 Å². The standard InChI is InChI=1S/C8H20O4P2S/c1-5-9-13(10-6-2)14(15,11-7-3)12-8-4/h5-8H2,1-4H3. The average Bonchev–Trinajstić information content (AvgIpc) is 2.18. The molecule has 0 rings (SSSR count). The topological polar surface area (TPSA) is 36.9 Å². The Balaban J connectivity index is 4.56. The molecule has 0 unspecified atom stereocenters. The highest BCUT2D eigenvalue weighted by molar-refractivity contribution is 8.46. The van der Waals surface area contributed by atoms with Crippen LogP contribution >= 0.6 is 14.2 Å². The van der Waals surface area contributed by atoms with Crippen molar-refractivity contribution in [2.24, 2.45) is 0 Å². The van der Waals surface area contributed by atoms with Crippen molar-refractivity contribution < 1.29 is 18.1 Å². The van der Waals surface area contributed by atoms with E-state index in [9.17, 15) is 0 Å². The van der Waals surface area contributed by atoms with Crippen LogP contribution in [-0.4, -0.2) is 26.4 Å². The first kappa shape index (κ1) is 15.9. The molecule has 0 aliphatic rings. The van der Waals surface area contributed by atoms with Gasteiger partial charge in [-0.1, -0.05) is 0 Å². The van der Waals surface area contributed by atoms with Crippen LogP contribution in [0, 0.1) is 0 Å². The Labute approximate surface area is 98.6 Å². The largest absolute Gasteiger partial charge is 0.327 e. The fourth-order valence-electron chi connectivity index (χ4n) is 0.857. The fourth-order valence-corrected chi connectivity index (χ4v) is 6.85. The lowest BCUT2D eigenvalue weighted by molar-refractivity contribution is 0.246. The maximum absolute atomic E-state index is 5.52. The van der Waals surface area contributed by atoms with Crippen molar-refractivity contribution in [3.05, 3.63) is 0 Å². The van der Waals surface area contributed by atoms with Crippen LogP contribution in [0.4, 0.5) is 0 Å². The molecule has 0 aliphatic heterocycles. The lowest BCUT2D eigenvalue weighted by Gasteiger charge is -2.27. The molecule has 15 heavy (non-hydrogen) atoms. The second kappa shape index (κ2) is 9.00. The highest BCUT2D eigenvalue weighted by Crippen LogP contribution is 2.78. The van der Waals surface area contributed by atoms with Gasteiger partial charge in [0.1, 0.15) is 0 Å². The second-order valence-corrected chi connectivity index (χ2v) is 9.64. The molecule has 0 saturated heterocycles. The summed E-state index contributed by atoms with van der Waals surface area (Å²) in [7, 11) is -1.24. The minimum Gasteiger partial charge on any atom is -0.327 e. The van der Waals surface area contributed by atoms with Crippen LogP contribution < -0.4 is 0 Å². The van der Waals surface area contributed by atoms with Crippen molar-refractivity contribution in [3.8, 4) is 0 Å². The van der Waals surface area contributed by atoms with Gasteiger partial charge in [-0.2, -0.15) is 0 Å². The number of hydrogen-bond donors (Lipinski definition) is 0. The summed E-state index contributed by atoms with van der Waals surface area (Å²) >= 11 is 5.40. The zero-order valence-electron chi connectivity index (χ0n) is 9.76. The molecule has 0 fully saturated rings. The van der Waals surface area contributed by atoms with Crippen molar-refractivity contribution in [2.45, 2.75) is 27.7 Å². The minimum atomic E-state index is -2.41. The Morgan fingerprint density at radius 2 is 1.27 bits per heavy atom. The molecular formula is C8H20O4P2S.